The number of aryl methyl sites for hydroxylation is 2. The second-order valence-electron chi connectivity index (χ2n) is 6.34. The highest BCUT2D eigenvalue weighted by atomic mass is 16.7. The van der Waals surface area contributed by atoms with E-state index in [1.54, 1.807) is 0 Å². The van der Waals surface area contributed by atoms with E-state index in [2.05, 4.69) is 52.6 Å². The van der Waals surface area contributed by atoms with Crippen molar-refractivity contribution in [2.75, 3.05) is 6.79 Å². The van der Waals surface area contributed by atoms with Gasteiger partial charge >= 0.3 is 0 Å². The molecule has 0 spiro atoms. The van der Waals surface area contributed by atoms with Crippen LogP contribution in [-0.4, -0.2) is 20.7 Å². The molecule has 5 nitrogen and oxygen atoms in total. The number of nitrogens with zero attached hydrogens (tertiary/aromatic N) is 3. The number of rotatable bonds is 2. The number of aromatic nitrogens is 3. The molecule has 0 radical (unpaired) electrons. The third kappa shape index (κ3) is 2.20. The van der Waals surface area contributed by atoms with Gasteiger partial charge < -0.3 is 14.0 Å². The van der Waals surface area contributed by atoms with Gasteiger partial charge in [-0.1, -0.05) is 29.8 Å². The third-order valence-electron chi connectivity index (χ3n) is 4.65. The molecule has 0 saturated heterocycles. The molecule has 2 aromatic carbocycles. The van der Waals surface area contributed by atoms with Crippen molar-refractivity contribution in [1.82, 2.24) is 14.0 Å². The molecule has 0 N–H and O–H groups in total. The minimum Gasteiger partial charge on any atom is -0.454 e. The molecular formula is C20H17N3O2. The monoisotopic (exact) mass is 331 g/mol. The van der Waals surface area contributed by atoms with Crippen LogP contribution in [-0.2, 0) is 7.05 Å². The van der Waals surface area contributed by atoms with Crippen molar-refractivity contribution in [3.05, 3.63) is 60.4 Å². The van der Waals surface area contributed by atoms with E-state index in [1.807, 2.05) is 25.2 Å². The van der Waals surface area contributed by atoms with E-state index in [0.717, 1.165) is 39.8 Å². The van der Waals surface area contributed by atoms with Crippen LogP contribution in [0.15, 0.2) is 54.9 Å². The number of fused-ring (bicyclic) bond motifs is 2. The Bertz CT molecular complexity index is 1090. The summed E-state index contributed by atoms with van der Waals surface area (Å²) in [5.74, 6) is 2.49. The average molecular weight is 331 g/mol. The van der Waals surface area contributed by atoms with Gasteiger partial charge in [0.1, 0.15) is 0 Å². The molecule has 124 valence electrons. The predicted octanol–water partition coefficient (Wildman–Crippen LogP) is 4.04. The highest BCUT2D eigenvalue weighted by Gasteiger charge is 2.17. The maximum atomic E-state index is 5.49. The number of imidazole rings is 2. The molecule has 3 heterocycles. The normalized spacial score (nSPS) is 12.9. The summed E-state index contributed by atoms with van der Waals surface area (Å²) in [7, 11) is 2.03. The van der Waals surface area contributed by atoms with Gasteiger partial charge in [-0.15, -0.1) is 0 Å². The zero-order valence-corrected chi connectivity index (χ0v) is 14.1. The number of benzene rings is 2. The molecule has 5 heteroatoms. The first-order chi connectivity index (χ1) is 12.2. The lowest BCUT2D eigenvalue weighted by atomic mass is 10.1. The molecule has 0 amide bonds. The van der Waals surface area contributed by atoms with Gasteiger partial charge in [0.2, 0.25) is 12.6 Å². The summed E-state index contributed by atoms with van der Waals surface area (Å²) in [5.41, 5.74) is 5.50. The Morgan fingerprint density at radius 1 is 0.920 bits per heavy atom. The van der Waals surface area contributed by atoms with Crippen LogP contribution < -0.4 is 9.47 Å². The van der Waals surface area contributed by atoms with Crippen molar-refractivity contribution in [1.29, 1.82) is 0 Å². The van der Waals surface area contributed by atoms with Crippen molar-refractivity contribution in [2.45, 2.75) is 6.92 Å². The highest BCUT2D eigenvalue weighted by Crippen LogP contribution is 2.36. The van der Waals surface area contributed by atoms with Crippen LogP contribution >= 0.6 is 0 Å². The van der Waals surface area contributed by atoms with Crippen LogP contribution in [0.25, 0.3) is 28.3 Å². The summed E-state index contributed by atoms with van der Waals surface area (Å²) in [6.07, 6.45) is 4.16. The molecule has 0 atom stereocenters. The largest absolute Gasteiger partial charge is 0.454 e. The van der Waals surface area contributed by atoms with Crippen molar-refractivity contribution in [3.8, 4) is 34.0 Å². The predicted molar refractivity (Wildman–Crippen MR) is 95.9 cm³/mol. The van der Waals surface area contributed by atoms with Crippen molar-refractivity contribution < 1.29 is 9.47 Å². The van der Waals surface area contributed by atoms with Crippen LogP contribution in [0.1, 0.15) is 5.56 Å². The second kappa shape index (κ2) is 5.14. The minimum absolute atomic E-state index is 0.287. The van der Waals surface area contributed by atoms with Gasteiger partial charge in [0.05, 0.1) is 11.4 Å². The van der Waals surface area contributed by atoms with E-state index in [9.17, 15) is 0 Å². The van der Waals surface area contributed by atoms with E-state index < -0.39 is 0 Å². The topological polar surface area (TPSA) is 40.7 Å². The first kappa shape index (κ1) is 14.2. The summed E-state index contributed by atoms with van der Waals surface area (Å²) >= 11 is 0. The van der Waals surface area contributed by atoms with Crippen LogP contribution in [0.5, 0.6) is 11.5 Å². The number of hydrogen-bond acceptors (Lipinski definition) is 3. The molecule has 4 aromatic rings. The quantitative estimate of drug-likeness (QED) is 0.556. The van der Waals surface area contributed by atoms with Gasteiger partial charge in [-0.2, -0.15) is 0 Å². The first-order valence-electron chi connectivity index (χ1n) is 8.20. The third-order valence-corrected chi connectivity index (χ3v) is 4.65. The molecule has 2 aromatic heterocycles. The van der Waals surface area contributed by atoms with Gasteiger partial charge in [-0.05, 0) is 25.1 Å². The summed E-state index contributed by atoms with van der Waals surface area (Å²) in [6, 6.07) is 14.4. The lowest BCUT2D eigenvalue weighted by Crippen LogP contribution is -1.93. The van der Waals surface area contributed by atoms with Crippen LogP contribution in [0.3, 0.4) is 0 Å². The average Bonchev–Trinajstić information content (AvgIpc) is 3.31. The van der Waals surface area contributed by atoms with E-state index in [0.29, 0.717) is 0 Å². The fourth-order valence-electron chi connectivity index (χ4n) is 3.24. The van der Waals surface area contributed by atoms with E-state index in [1.165, 1.54) is 5.56 Å². The summed E-state index contributed by atoms with van der Waals surface area (Å²) < 4.78 is 15.0. The molecule has 25 heavy (non-hydrogen) atoms. The number of ether oxygens (including phenoxy) is 2. The maximum Gasteiger partial charge on any atom is 0.231 e. The number of hydrogen-bond donors (Lipinski definition) is 0. The van der Waals surface area contributed by atoms with Crippen molar-refractivity contribution >= 4 is 5.78 Å². The van der Waals surface area contributed by atoms with Crippen LogP contribution in [0.2, 0.25) is 0 Å². The fourth-order valence-corrected chi connectivity index (χ4v) is 3.24. The zero-order valence-electron chi connectivity index (χ0n) is 14.1. The Morgan fingerprint density at radius 2 is 1.68 bits per heavy atom. The molecule has 0 fully saturated rings. The molecule has 0 bridgehead atoms. The van der Waals surface area contributed by atoms with Gasteiger partial charge in [-0.3, -0.25) is 4.40 Å². The molecule has 0 saturated carbocycles. The lowest BCUT2D eigenvalue weighted by molar-refractivity contribution is 0.174. The maximum absolute atomic E-state index is 5.49. The van der Waals surface area contributed by atoms with Crippen LogP contribution in [0.4, 0.5) is 0 Å². The highest BCUT2D eigenvalue weighted by molar-refractivity contribution is 5.69. The van der Waals surface area contributed by atoms with Crippen molar-refractivity contribution in [3.63, 3.8) is 0 Å². The van der Waals surface area contributed by atoms with Gasteiger partial charge in [-0.25, -0.2) is 4.98 Å². The van der Waals surface area contributed by atoms with E-state index in [-0.39, 0.29) is 6.79 Å². The Kier molecular flexibility index (Phi) is 2.91. The van der Waals surface area contributed by atoms with Crippen LogP contribution in [0, 0.1) is 6.92 Å². The summed E-state index contributed by atoms with van der Waals surface area (Å²) in [4.78, 5) is 4.80. The van der Waals surface area contributed by atoms with Gasteiger partial charge in [0.15, 0.2) is 11.5 Å². The summed E-state index contributed by atoms with van der Waals surface area (Å²) in [6.45, 7) is 2.38. The first-order valence-corrected chi connectivity index (χ1v) is 8.20. The second-order valence-corrected chi connectivity index (χ2v) is 6.34. The molecular weight excluding hydrogens is 314 g/mol. The molecule has 0 aliphatic carbocycles. The van der Waals surface area contributed by atoms with E-state index >= 15 is 0 Å². The Balaban J connectivity index is 1.58. The summed E-state index contributed by atoms with van der Waals surface area (Å²) in [5, 5.41) is 0. The zero-order chi connectivity index (χ0) is 17.0. The Labute approximate surface area is 145 Å². The lowest BCUT2D eigenvalue weighted by Gasteiger charge is -2.04. The Morgan fingerprint density at radius 3 is 2.48 bits per heavy atom. The minimum atomic E-state index is 0.287. The van der Waals surface area contributed by atoms with E-state index in [4.69, 9.17) is 14.5 Å². The molecule has 0 unspecified atom stereocenters. The Hall–Kier alpha value is -3.21. The molecule has 5 rings (SSSR count). The van der Waals surface area contributed by atoms with Crippen molar-refractivity contribution in [2.24, 2.45) is 7.05 Å². The smallest absolute Gasteiger partial charge is 0.231 e. The van der Waals surface area contributed by atoms with Gasteiger partial charge in [0.25, 0.3) is 0 Å². The fraction of sp³-hybridized carbons (Fsp3) is 0.150. The standard InChI is InChI=1S/C20H17N3O2/c1-13-3-5-14(6-4-13)16-10-23-11-17(22(2)20(23)21-16)15-7-8-18-19(9-15)25-12-24-18/h3-11H,12H2,1-2H3. The van der Waals surface area contributed by atoms with Gasteiger partial charge in [0, 0.05) is 30.6 Å². The SMILES string of the molecule is Cc1ccc(-c2cn3cc(-c4ccc5c(c4)OCO5)n(C)c3n2)cc1. The molecule has 1 aliphatic rings. The molecule has 1 aliphatic heterocycles.